The molecule has 2 N–H and O–H groups in total. The highest BCUT2D eigenvalue weighted by Gasteiger charge is 2.20. The molecule has 0 radical (unpaired) electrons. The summed E-state index contributed by atoms with van der Waals surface area (Å²) >= 11 is 0. The van der Waals surface area contributed by atoms with Gasteiger partial charge in [0.2, 0.25) is 0 Å². The monoisotopic (exact) mass is 293 g/mol. The molecule has 0 spiro atoms. The molecule has 0 saturated heterocycles. The van der Waals surface area contributed by atoms with Gasteiger partial charge in [-0.3, -0.25) is 0 Å². The molecule has 1 atom stereocenters. The Morgan fingerprint density at radius 2 is 1.43 bits per heavy atom. The van der Waals surface area contributed by atoms with Crippen molar-refractivity contribution >= 4 is 0 Å². The Morgan fingerprint density at radius 3 is 1.95 bits per heavy atom. The average molecular weight is 293 g/mol. The fraction of sp³-hybridized carbons (Fsp3) is 0.294. The first-order valence-electron chi connectivity index (χ1n) is 6.71. The molecular weight excluding hydrogens is 275 g/mol. The van der Waals surface area contributed by atoms with Crippen LogP contribution in [0.5, 0.6) is 0 Å². The molecule has 0 bridgehead atoms. The summed E-state index contributed by atoms with van der Waals surface area (Å²) in [5.41, 5.74) is 7.67. The summed E-state index contributed by atoms with van der Waals surface area (Å²) in [6, 6.07) is 8.61. The molecule has 0 aliphatic heterocycles. The number of rotatable bonds is 2. The Balaban J connectivity index is 2.37. The lowest BCUT2D eigenvalue weighted by molar-refractivity contribution is 0.438. The van der Waals surface area contributed by atoms with Gasteiger partial charge in [0, 0.05) is 5.56 Å². The van der Waals surface area contributed by atoms with Crippen molar-refractivity contribution in [3.05, 3.63) is 70.5 Å². The van der Waals surface area contributed by atoms with E-state index in [4.69, 9.17) is 5.73 Å². The van der Waals surface area contributed by atoms with E-state index < -0.39 is 23.5 Å². The highest BCUT2D eigenvalue weighted by atomic mass is 19.2. The van der Waals surface area contributed by atoms with Crippen LogP contribution in [0.2, 0.25) is 0 Å². The number of hydrogen-bond acceptors (Lipinski definition) is 1. The van der Waals surface area contributed by atoms with Gasteiger partial charge in [-0.1, -0.05) is 51.1 Å². The summed E-state index contributed by atoms with van der Waals surface area (Å²) in [6.07, 6.45) is 0. The third-order valence-electron chi connectivity index (χ3n) is 3.54. The summed E-state index contributed by atoms with van der Waals surface area (Å²) in [7, 11) is 0. The van der Waals surface area contributed by atoms with Crippen LogP contribution < -0.4 is 5.73 Å². The summed E-state index contributed by atoms with van der Waals surface area (Å²) < 4.78 is 40.0. The molecule has 0 fully saturated rings. The van der Waals surface area contributed by atoms with Crippen molar-refractivity contribution in [2.45, 2.75) is 32.2 Å². The van der Waals surface area contributed by atoms with Crippen LogP contribution in [0.15, 0.2) is 36.4 Å². The Bertz CT molecular complexity index is 642. The number of hydrogen-bond donors (Lipinski definition) is 1. The standard InChI is InChI=1S/C17H18F3N/c1-17(2,3)11-6-4-10(5-7-11)16(21)12-8-9-13(18)15(20)14(12)19/h4-9,16H,21H2,1-3H3. The van der Waals surface area contributed by atoms with Gasteiger partial charge >= 0.3 is 0 Å². The van der Waals surface area contributed by atoms with E-state index >= 15 is 0 Å². The number of nitrogens with two attached hydrogens (primary N) is 1. The molecule has 0 amide bonds. The predicted molar refractivity (Wildman–Crippen MR) is 77.5 cm³/mol. The lowest BCUT2D eigenvalue weighted by Crippen LogP contribution is -2.16. The van der Waals surface area contributed by atoms with Crippen molar-refractivity contribution in [2.24, 2.45) is 5.73 Å². The maximum Gasteiger partial charge on any atom is 0.194 e. The summed E-state index contributed by atoms with van der Waals surface area (Å²) in [5.74, 6) is -3.94. The molecule has 1 unspecified atom stereocenters. The molecule has 2 aromatic rings. The van der Waals surface area contributed by atoms with E-state index in [-0.39, 0.29) is 11.0 Å². The fourth-order valence-corrected chi connectivity index (χ4v) is 2.15. The minimum Gasteiger partial charge on any atom is -0.320 e. The molecule has 4 heteroatoms. The zero-order chi connectivity index (χ0) is 15.8. The molecule has 0 heterocycles. The zero-order valence-electron chi connectivity index (χ0n) is 12.3. The van der Waals surface area contributed by atoms with Crippen LogP contribution in [0.25, 0.3) is 0 Å². The van der Waals surface area contributed by atoms with Crippen LogP contribution >= 0.6 is 0 Å². The van der Waals surface area contributed by atoms with E-state index in [0.29, 0.717) is 5.56 Å². The van der Waals surface area contributed by atoms with Crippen LogP contribution in [0.1, 0.15) is 43.5 Å². The highest BCUT2D eigenvalue weighted by Crippen LogP contribution is 2.27. The third kappa shape index (κ3) is 3.10. The van der Waals surface area contributed by atoms with Gasteiger partial charge in [-0.15, -0.1) is 0 Å². The quantitative estimate of drug-likeness (QED) is 0.813. The maximum atomic E-state index is 13.8. The summed E-state index contributed by atoms with van der Waals surface area (Å²) in [4.78, 5) is 0. The highest BCUT2D eigenvalue weighted by molar-refractivity contribution is 5.36. The molecule has 2 rings (SSSR count). The SMILES string of the molecule is CC(C)(C)c1ccc(C(N)c2ccc(F)c(F)c2F)cc1. The molecule has 0 aromatic heterocycles. The van der Waals surface area contributed by atoms with E-state index in [1.165, 1.54) is 6.07 Å². The molecule has 0 saturated carbocycles. The summed E-state index contributed by atoms with van der Waals surface area (Å²) in [5, 5.41) is 0. The Hall–Kier alpha value is -1.81. The largest absolute Gasteiger partial charge is 0.320 e. The number of halogens is 3. The van der Waals surface area contributed by atoms with Gasteiger partial charge in [-0.25, -0.2) is 13.2 Å². The second kappa shape index (κ2) is 5.53. The van der Waals surface area contributed by atoms with Crippen molar-refractivity contribution in [2.75, 3.05) is 0 Å². The van der Waals surface area contributed by atoms with Gasteiger partial charge < -0.3 is 5.73 Å². The normalized spacial score (nSPS) is 13.3. The Kier molecular flexibility index (Phi) is 4.10. The first kappa shape index (κ1) is 15.6. The van der Waals surface area contributed by atoms with Crippen LogP contribution in [0.4, 0.5) is 13.2 Å². The molecule has 1 nitrogen and oxygen atoms in total. The smallest absolute Gasteiger partial charge is 0.194 e. The van der Waals surface area contributed by atoms with Crippen LogP contribution in [-0.2, 0) is 5.41 Å². The molecule has 112 valence electrons. The van der Waals surface area contributed by atoms with Gasteiger partial charge in [-0.2, -0.15) is 0 Å². The zero-order valence-corrected chi connectivity index (χ0v) is 12.3. The molecule has 0 aliphatic carbocycles. The van der Waals surface area contributed by atoms with E-state index in [1.54, 1.807) is 12.1 Å². The first-order chi connectivity index (χ1) is 9.71. The molecule has 21 heavy (non-hydrogen) atoms. The lowest BCUT2D eigenvalue weighted by atomic mass is 9.86. The van der Waals surface area contributed by atoms with E-state index in [0.717, 1.165) is 11.6 Å². The minimum absolute atomic E-state index is 0.00411. The fourth-order valence-electron chi connectivity index (χ4n) is 2.15. The van der Waals surface area contributed by atoms with Gasteiger partial charge in [0.25, 0.3) is 0 Å². The van der Waals surface area contributed by atoms with Crippen molar-refractivity contribution in [1.82, 2.24) is 0 Å². The topological polar surface area (TPSA) is 26.0 Å². The van der Waals surface area contributed by atoms with Gasteiger partial charge in [0.1, 0.15) is 0 Å². The lowest BCUT2D eigenvalue weighted by Gasteiger charge is -2.20. The van der Waals surface area contributed by atoms with Crippen molar-refractivity contribution in [3.63, 3.8) is 0 Å². The van der Waals surface area contributed by atoms with Gasteiger partial charge in [0.15, 0.2) is 17.5 Å². The second-order valence-electron chi connectivity index (χ2n) is 6.11. The van der Waals surface area contributed by atoms with E-state index in [9.17, 15) is 13.2 Å². The van der Waals surface area contributed by atoms with Crippen molar-refractivity contribution in [1.29, 1.82) is 0 Å². The Morgan fingerprint density at radius 1 is 0.857 bits per heavy atom. The van der Waals surface area contributed by atoms with E-state index in [2.05, 4.69) is 20.8 Å². The third-order valence-corrected chi connectivity index (χ3v) is 3.54. The van der Waals surface area contributed by atoms with Crippen molar-refractivity contribution in [3.8, 4) is 0 Å². The molecular formula is C17H18F3N. The molecule has 2 aromatic carbocycles. The van der Waals surface area contributed by atoms with Crippen molar-refractivity contribution < 1.29 is 13.2 Å². The van der Waals surface area contributed by atoms with Gasteiger partial charge in [0.05, 0.1) is 6.04 Å². The summed E-state index contributed by atoms with van der Waals surface area (Å²) in [6.45, 7) is 6.24. The van der Waals surface area contributed by atoms with Crippen LogP contribution in [0.3, 0.4) is 0 Å². The Labute approximate surface area is 122 Å². The van der Waals surface area contributed by atoms with Crippen LogP contribution in [-0.4, -0.2) is 0 Å². The van der Waals surface area contributed by atoms with Gasteiger partial charge in [-0.05, 0) is 22.6 Å². The first-order valence-corrected chi connectivity index (χ1v) is 6.71. The number of benzene rings is 2. The average Bonchev–Trinajstić information content (AvgIpc) is 2.43. The maximum absolute atomic E-state index is 13.8. The second-order valence-corrected chi connectivity index (χ2v) is 6.11. The minimum atomic E-state index is -1.49. The van der Waals surface area contributed by atoms with E-state index in [1.807, 2.05) is 12.1 Å². The predicted octanol–water partition coefficient (Wildman–Crippen LogP) is 4.45. The molecule has 0 aliphatic rings. The van der Waals surface area contributed by atoms with Crippen LogP contribution in [0, 0.1) is 17.5 Å².